The van der Waals surface area contributed by atoms with Gasteiger partial charge in [-0.3, -0.25) is 9.52 Å². The van der Waals surface area contributed by atoms with E-state index in [1.54, 1.807) is 48.4 Å². The normalized spacial score (nSPS) is 11.1. The molecule has 7 nitrogen and oxygen atoms in total. The highest BCUT2D eigenvalue weighted by atomic mass is 32.2. The number of carbonyl (C=O) groups is 1. The molecule has 0 radical (unpaired) electrons. The fraction of sp³-hybridized carbons (Fsp3) is 0.269. The minimum absolute atomic E-state index is 0.000216. The van der Waals surface area contributed by atoms with Crippen LogP contribution in [0, 0.1) is 0 Å². The van der Waals surface area contributed by atoms with E-state index in [0.717, 1.165) is 12.8 Å². The van der Waals surface area contributed by atoms with E-state index in [-0.39, 0.29) is 10.8 Å². The van der Waals surface area contributed by atoms with E-state index in [0.29, 0.717) is 36.7 Å². The van der Waals surface area contributed by atoms with Crippen molar-refractivity contribution in [1.82, 2.24) is 4.90 Å². The number of hydrogen-bond acceptors (Lipinski definition) is 5. The molecule has 0 aliphatic heterocycles. The third kappa shape index (κ3) is 6.82. The second-order valence-corrected chi connectivity index (χ2v) is 9.39. The lowest BCUT2D eigenvalue weighted by molar-refractivity contribution is 0.0693. The van der Waals surface area contributed by atoms with Gasteiger partial charge in [-0.2, -0.15) is 0 Å². The van der Waals surface area contributed by atoms with Crippen LogP contribution >= 0.6 is 0 Å². The standard InChI is InChI=1S/C26H30N2O5S/c1-32-19-18-28(17-9-12-21-10-4-3-5-11-21)26(29)22-13-8-14-23(20-22)34(30,31)27-24-15-6-7-16-25(24)33-2/h3-8,10-11,13-16,20,27H,9,12,17-19H2,1-2H3. The van der Waals surface area contributed by atoms with E-state index in [1.165, 1.54) is 24.8 Å². The van der Waals surface area contributed by atoms with Crippen LogP contribution in [0.15, 0.2) is 83.8 Å². The molecule has 8 heteroatoms. The van der Waals surface area contributed by atoms with Crippen molar-refractivity contribution in [2.24, 2.45) is 0 Å². The number of nitrogens with one attached hydrogen (secondary N) is 1. The highest BCUT2D eigenvalue weighted by Crippen LogP contribution is 2.26. The number of benzene rings is 3. The fourth-order valence-corrected chi connectivity index (χ4v) is 4.66. The molecule has 0 saturated carbocycles. The number of carbonyl (C=O) groups excluding carboxylic acids is 1. The quantitative estimate of drug-likeness (QED) is 0.418. The van der Waals surface area contributed by atoms with E-state index in [1.807, 2.05) is 18.2 Å². The number of rotatable bonds is 12. The Morgan fingerprint density at radius 1 is 0.912 bits per heavy atom. The number of sulfonamides is 1. The molecule has 0 spiro atoms. The number of nitrogens with zero attached hydrogens (tertiary/aromatic N) is 1. The predicted octanol–water partition coefficient (Wildman–Crippen LogP) is 4.22. The maximum absolute atomic E-state index is 13.3. The van der Waals surface area contributed by atoms with Crippen molar-refractivity contribution >= 4 is 21.6 Å². The van der Waals surface area contributed by atoms with E-state index in [2.05, 4.69) is 16.9 Å². The molecule has 0 atom stereocenters. The van der Waals surface area contributed by atoms with Gasteiger partial charge in [-0.15, -0.1) is 0 Å². The van der Waals surface area contributed by atoms with Crippen LogP contribution in [0.4, 0.5) is 5.69 Å². The zero-order valence-electron chi connectivity index (χ0n) is 19.4. The number of para-hydroxylation sites is 2. The van der Waals surface area contributed by atoms with Gasteiger partial charge in [0.2, 0.25) is 0 Å². The Labute approximate surface area is 201 Å². The van der Waals surface area contributed by atoms with E-state index in [4.69, 9.17) is 9.47 Å². The van der Waals surface area contributed by atoms with E-state index < -0.39 is 10.0 Å². The molecule has 3 rings (SSSR count). The van der Waals surface area contributed by atoms with Gasteiger partial charge in [-0.25, -0.2) is 8.42 Å². The molecule has 0 aliphatic rings. The summed E-state index contributed by atoms with van der Waals surface area (Å²) in [5.41, 5.74) is 1.83. The van der Waals surface area contributed by atoms with E-state index >= 15 is 0 Å². The fourth-order valence-electron chi connectivity index (χ4n) is 3.55. The molecule has 0 fully saturated rings. The van der Waals surface area contributed by atoms with Crippen LogP contribution in [0.3, 0.4) is 0 Å². The van der Waals surface area contributed by atoms with Gasteiger partial charge in [-0.05, 0) is 48.7 Å². The third-order valence-electron chi connectivity index (χ3n) is 5.33. The molecule has 1 amide bonds. The van der Waals surface area contributed by atoms with Crippen molar-refractivity contribution < 1.29 is 22.7 Å². The average molecular weight is 483 g/mol. The second-order valence-electron chi connectivity index (χ2n) is 7.71. The smallest absolute Gasteiger partial charge is 0.262 e. The minimum Gasteiger partial charge on any atom is -0.495 e. The third-order valence-corrected chi connectivity index (χ3v) is 6.69. The molecule has 0 unspecified atom stereocenters. The lowest BCUT2D eigenvalue weighted by Crippen LogP contribution is -2.35. The van der Waals surface area contributed by atoms with Crippen LogP contribution in [0.25, 0.3) is 0 Å². The predicted molar refractivity (Wildman–Crippen MR) is 133 cm³/mol. The van der Waals surface area contributed by atoms with Crippen LogP contribution in [0.2, 0.25) is 0 Å². The Hall–Kier alpha value is -3.36. The molecule has 180 valence electrons. The van der Waals surface area contributed by atoms with Crippen molar-refractivity contribution in [3.63, 3.8) is 0 Å². The first kappa shape index (κ1) is 25.3. The largest absolute Gasteiger partial charge is 0.495 e. The van der Waals surface area contributed by atoms with Crippen LogP contribution in [-0.2, 0) is 21.2 Å². The maximum Gasteiger partial charge on any atom is 0.262 e. The van der Waals surface area contributed by atoms with Crippen molar-refractivity contribution in [2.45, 2.75) is 17.7 Å². The Balaban J connectivity index is 1.75. The number of ether oxygens (including phenoxy) is 2. The Kier molecular flexibility index (Phi) is 9.07. The van der Waals surface area contributed by atoms with Crippen LogP contribution in [0.1, 0.15) is 22.3 Å². The summed E-state index contributed by atoms with van der Waals surface area (Å²) in [4.78, 5) is 15.0. The monoisotopic (exact) mass is 482 g/mol. The molecular weight excluding hydrogens is 452 g/mol. The van der Waals surface area contributed by atoms with Crippen molar-refractivity contribution in [3.8, 4) is 5.75 Å². The Bertz CT molecular complexity index is 1180. The number of anilines is 1. The van der Waals surface area contributed by atoms with Crippen LogP contribution in [0.5, 0.6) is 5.75 Å². The Morgan fingerprint density at radius 3 is 2.38 bits per heavy atom. The summed E-state index contributed by atoms with van der Waals surface area (Å²) in [6.45, 7) is 1.35. The van der Waals surface area contributed by atoms with Gasteiger partial charge in [0.15, 0.2) is 0 Å². The minimum atomic E-state index is -3.92. The zero-order chi connectivity index (χ0) is 24.4. The van der Waals surface area contributed by atoms with Gasteiger partial charge in [-0.1, -0.05) is 48.5 Å². The summed E-state index contributed by atoms with van der Waals surface area (Å²) in [7, 11) is -0.865. The topological polar surface area (TPSA) is 84.9 Å². The first-order valence-electron chi connectivity index (χ1n) is 11.0. The average Bonchev–Trinajstić information content (AvgIpc) is 2.86. The summed E-state index contributed by atoms with van der Waals surface area (Å²) >= 11 is 0. The SMILES string of the molecule is COCCN(CCCc1ccccc1)C(=O)c1cccc(S(=O)(=O)Nc2ccccc2OC)c1. The molecule has 3 aromatic carbocycles. The van der Waals surface area contributed by atoms with Crippen molar-refractivity contribution in [1.29, 1.82) is 0 Å². The zero-order valence-corrected chi connectivity index (χ0v) is 20.3. The lowest BCUT2D eigenvalue weighted by atomic mass is 10.1. The molecule has 0 heterocycles. The molecule has 34 heavy (non-hydrogen) atoms. The first-order valence-corrected chi connectivity index (χ1v) is 12.5. The molecule has 0 saturated heterocycles. The molecule has 1 N–H and O–H groups in total. The van der Waals surface area contributed by atoms with E-state index in [9.17, 15) is 13.2 Å². The molecular formula is C26H30N2O5S. The second kappa shape index (κ2) is 12.2. The number of aryl methyl sites for hydroxylation is 1. The number of amides is 1. The van der Waals surface area contributed by atoms with Gasteiger partial charge in [0.25, 0.3) is 15.9 Å². The van der Waals surface area contributed by atoms with Gasteiger partial charge >= 0.3 is 0 Å². The lowest BCUT2D eigenvalue weighted by Gasteiger charge is -2.23. The molecule has 0 aromatic heterocycles. The number of methoxy groups -OCH3 is 2. The summed E-state index contributed by atoms with van der Waals surface area (Å²) in [6, 6.07) is 22.9. The van der Waals surface area contributed by atoms with Gasteiger partial charge in [0.05, 0.1) is 24.3 Å². The van der Waals surface area contributed by atoms with Crippen LogP contribution < -0.4 is 9.46 Å². The maximum atomic E-state index is 13.3. The summed E-state index contributed by atoms with van der Waals surface area (Å²) in [6.07, 6.45) is 1.63. The van der Waals surface area contributed by atoms with Gasteiger partial charge in [0, 0.05) is 25.8 Å². The highest BCUT2D eigenvalue weighted by molar-refractivity contribution is 7.92. The molecule has 0 aliphatic carbocycles. The van der Waals surface area contributed by atoms with Crippen molar-refractivity contribution in [2.75, 3.05) is 38.6 Å². The van der Waals surface area contributed by atoms with Crippen LogP contribution in [-0.4, -0.2) is 53.1 Å². The summed E-state index contributed by atoms with van der Waals surface area (Å²) < 4.78 is 39.0. The molecule has 3 aromatic rings. The number of hydrogen-bond donors (Lipinski definition) is 1. The van der Waals surface area contributed by atoms with Gasteiger partial charge < -0.3 is 14.4 Å². The highest BCUT2D eigenvalue weighted by Gasteiger charge is 2.21. The summed E-state index contributed by atoms with van der Waals surface area (Å²) in [5.74, 6) is 0.168. The first-order chi connectivity index (χ1) is 16.4. The van der Waals surface area contributed by atoms with Crippen molar-refractivity contribution in [3.05, 3.63) is 90.0 Å². The molecule has 0 bridgehead atoms. The van der Waals surface area contributed by atoms with Gasteiger partial charge in [0.1, 0.15) is 5.75 Å². The summed E-state index contributed by atoms with van der Waals surface area (Å²) in [5, 5.41) is 0. The Morgan fingerprint density at radius 2 is 1.65 bits per heavy atom.